The molecule has 0 aromatic heterocycles. The molecule has 0 aliphatic rings. The van der Waals surface area contributed by atoms with Crippen LogP contribution >= 0.6 is 0 Å². The van der Waals surface area contributed by atoms with Crippen molar-refractivity contribution in [2.75, 3.05) is 20.1 Å². The Hall–Kier alpha value is -0.930. The number of hydrogen-bond acceptors (Lipinski definition) is 2. The van der Waals surface area contributed by atoms with Crippen LogP contribution in [-0.4, -0.2) is 25.0 Å². The molecule has 0 radical (unpaired) electrons. The molecular weight excluding hydrogens is 191 g/mol. The summed E-state index contributed by atoms with van der Waals surface area (Å²) in [6.07, 6.45) is 2.15. The van der Waals surface area contributed by atoms with Gasteiger partial charge in [-0.05, 0) is 50.7 Å². The molecular formula is C12H19FN2. The third-order valence-corrected chi connectivity index (χ3v) is 2.34. The fourth-order valence-electron chi connectivity index (χ4n) is 1.55. The summed E-state index contributed by atoms with van der Waals surface area (Å²) in [5.74, 6) is -0.164. The van der Waals surface area contributed by atoms with E-state index in [1.807, 2.05) is 13.1 Å². The SMILES string of the molecule is CN(CCCCN)Cc1cccc(F)c1. The number of nitrogens with two attached hydrogens (primary N) is 1. The van der Waals surface area contributed by atoms with E-state index in [9.17, 15) is 4.39 Å². The lowest BCUT2D eigenvalue weighted by Gasteiger charge is -2.16. The molecule has 0 spiro atoms. The van der Waals surface area contributed by atoms with Crippen LogP contribution in [0.2, 0.25) is 0 Å². The van der Waals surface area contributed by atoms with Crippen LogP contribution in [0.15, 0.2) is 24.3 Å². The molecule has 2 nitrogen and oxygen atoms in total. The van der Waals surface area contributed by atoms with E-state index < -0.39 is 0 Å². The van der Waals surface area contributed by atoms with Crippen molar-refractivity contribution in [3.05, 3.63) is 35.6 Å². The Bertz CT molecular complexity index is 289. The van der Waals surface area contributed by atoms with Gasteiger partial charge in [-0.25, -0.2) is 4.39 Å². The average molecular weight is 210 g/mol. The predicted octanol–water partition coefficient (Wildman–Crippen LogP) is 2.00. The van der Waals surface area contributed by atoms with Crippen LogP contribution in [-0.2, 0) is 6.54 Å². The molecule has 1 aromatic rings. The van der Waals surface area contributed by atoms with Crippen molar-refractivity contribution in [2.24, 2.45) is 5.73 Å². The van der Waals surface area contributed by atoms with Crippen molar-refractivity contribution in [2.45, 2.75) is 19.4 Å². The van der Waals surface area contributed by atoms with E-state index >= 15 is 0 Å². The van der Waals surface area contributed by atoms with Crippen LogP contribution in [0, 0.1) is 5.82 Å². The number of unbranched alkanes of at least 4 members (excludes halogenated alkanes) is 1. The van der Waals surface area contributed by atoms with E-state index in [4.69, 9.17) is 5.73 Å². The lowest BCUT2D eigenvalue weighted by molar-refractivity contribution is 0.319. The van der Waals surface area contributed by atoms with Crippen LogP contribution in [0.1, 0.15) is 18.4 Å². The topological polar surface area (TPSA) is 29.3 Å². The van der Waals surface area contributed by atoms with Crippen molar-refractivity contribution in [1.29, 1.82) is 0 Å². The first-order valence-corrected chi connectivity index (χ1v) is 5.35. The zero-order chi connectivity index (χ0) is 11.1. The van der Waals surface area contributed by atoms with E-state index in [2.05, 4.69) is 4.90 Å². The molecule has 2 N–H and O–H groups in total. The number of benzene rings is 1. The second-order valence-electron chi connectivity index (χ2n) is 3.86. The highest BCUT2D eigenvalue weighted by Gasteiger charge is 2.00. The molecule has 0 bridgehead atoms. The van der Waals surface area contributed by atoms with Gasteiger partial charge >= 0.3 is 0 Å². The lowest BCUT2D eigenvalue weighted by atomic mass is 10.2. The Kier molecular flexibility index (Phi) is 5.29. The van der Waals surface area contributed by atoms with Crippen LogP contribution in [0.5, 0.6) is 0 Å². The third kappa shape index (κ3) is 4.91. The van der Waals surface area contributed by atoms with Gasteiger partial charge < -0.3 is 10.6 Å². The molecule has 15 heavy (non-hydrogen) atoms. The quantitative estimate of drug-likeness (QED) is 0.728. The first kappa shape index (κ1) is 12.1. The van der Waals surface area contributed by atoms with E-state index in [-0.39, 0.29) is 5.82 Å². The van der Waals surface area contributed by atoms with Crippen molar-refractivity contribution < 1.29 is 4.39 Å². The largest absolute Gasteiger partial charge is 0.330 e. The van der Waals surface area contributed by atoms with Crippen molar-refractivity contribution in [3.63, 3.8) is 0 Å². The maximum Gasteiger partial charge on any atom is 0.123 e. The summed E-state index contributed by atoms with van der Waals surface area (Å²) >= 11 is 0. The molecule has 84 valence electrons. The Morgan fingerprint density at radius 1 is 1.33 bits per heavy atom. The molecule has 0 heterocycles. The monoisotopic (exact) mass is 210 g/mol. The highest BCUT2D eigenvalue weighted by atomic mass is 19.1. The lowest BCUT2D eigenvalue weighted by Crippen LogP contribution is -2.19. The Balaban J connectivity index is 2.34. The number of nitrogens with zero attached hydrogens (tertiary/aromatic N) is 1. The Labute approximate surface area is 90.9 Å². The van der Waals surface area contributed by atoms with Gasteiger partial charge in [-0.3, -0.25) is 0 Å². The zero-order valence-corrected chi connectivity index (χ0v) is 9.25. The summed E-state index contributed by atoms with van der Waals surface area (Å²) in [5, 5.41) is 0. The van der Waals surface area contributed by atoms with E-state index in [1.165, 1.54) is 6.07 Å². The predicted molar refractivity (Wildman–Crippen MR) is 61.0 cm³/mol. The van der Waals surface area contributed by atoms with Crippen molar-refractivity contribution in [1.82, 2.24) is 4.90 Å². The van der Waals surface area contributed by atoms with Gasteiger partial charge in [0, 0.05) is 6.54 Å². The summed E-state index contributed by atoms with van der Waals surface area (Å²) in [7, 11) is 2.04. The zero-order valence-electron chi connectivity index (χ0n) is 9.25. The minimum atomic E-state index is -0.164. The van der Waals surface area contributed by atoms with Crippen LogP contribution in [0.3, 0.4) is 0 Å². The van der Waals surface area contributed by atoms with E-state index in [0.717, 1.165) is 38.0 Å². The molecule has 1 aromatic carbocycles. The molecule has 0 aliphatic carbocycles. The number of rotatable bonds is 6. The molecule has 1 rings (SSSR count). The van der Waals surface area contributed by atoms with Gasteiger partial charge in [0.1, 0.15) is 5.82 Å². The smallest absolute Gasteiger partial charge is 0.123 e. The molecule has 3 heteroatoms. The summed E-state index contributed by atoms with van der Waals surface area (Å²) in [4.78, 5) is 2.18. The summed E-state index contributed by atoms with van der Waals surface area (Å²) in [6, 6.07) is 6.75. The second-order valence-corrected chi connectivity index (χ2v) is 3.86. The molecule has 0 fully saturated rings. The fourth-order valence-corrected chi connectivity index (χ4v) is 1.55. The van der Waals surface area contributed by atoms with Crippen LogP contribution in [0.25, 0.3) is 0 Å². The Morgan fingerprint density at radius 2 is 2.13 bits per heavy atom. The maximum absolute atomic E-state index is 12.9. The summed E-state index contributed by atoms with van der Waals surface area (Å²) in [5.41, 5.74) is 6.44. The van der Waals surface area contributed by atoms with Gasteiger partial charge in [0.2, 0.25) is 0 Å². The average Bonchev–Trinajstić information content (AvgIpc) is 2.18. The highest BCUT2D eigenvalue weighted by molar-refractivity contribution is 5.15. The normalized spacial score (nSPS) is 10.9. The summed E-state index contributed by atoms with van der Waals surface area (Å²) in [6.45, 7) is 2.55. The molecule has 0 saturated heterocycles. The van der Waals surface area contributed by atoms with Crippen LogP contribution < -0.4 is 5.73 Å². The van der Waals surface area contributed by atoms with Crippen LogP contribution in [0.4, 0.5) is 4.39 Å². The molecule has 0 unspecified atom stereocenters. The minimum Gasteiger partial charge on any atom is -0.330 e. The first-order valence-electron chi connectivity index (χ1n) is 5.35. The second kappa shape index (κ2) is 6.53. The highest BCUT2D eigenvalue weighted by Crippen LogP contribution is 2.06. The third-order valence-electron chi connectivity index (χ3n) is 2.34. The van der Waals surface area contributed by atoms with Crippen molar-refractivity contribution >= 4 is 0 Å². The van der Waals surface area contributed by atoms with Gasteiger partial charge in [-0.1, -0.05) is 12.1 Å². The van der Waals surface area contributed by atoms with Gasteiger partial charge in [0.25, 0.3) is 0 Å². The standard InChI is InChI=1S/C12H19FN2/c1-15(8-3-2-7-14)10-11-5-4-6-12(13)9-11/h4-6,9H,2-3,7-8,10,14H2,1H3. The van der Waals surface area contributed by atoms with E-state index in [1.54, 1.807) is 12.1 Å². The number of halogens is 1. The number of hydrogen-bond donors (Lipinski definition) is 1. The van der Waals surface area contributed by atoms with Gasteiger partial charge in [-0.2, -0.15) is 0 Å². The molecule has 0 amide bonds. The van der Waals surface area contributed by atoms with Crippen molar-refractivity contribution in [3.8, 4) is 0 Å². The van der Waals surface area contributed by atoms with Gasteiger partial charge in [0.15, 0.2) is 0 Å². The maximum atomic E-state index is 12.9. The fraction of sp³-hybridized carbons (Fsp3) is 0.500. The molecule has 0 aliphatic heterocycles. The summed E-state index contributed by atoms with van der Waals surface area (Å²) < 4.78 is 12.9. The first-order chi connectivity index (χ1) is 7.22. The molecule has 0 atom stereocenters. The minimum absolute atomic E-state index is 0.164. The Morgan fingerprint density at radius 3 is 2.80 bits per heavy atom. The molecule has 0 saturated carbocycles. The van der Waals surface area contributed by atoms with E-state index in [0.29, 0.717) is 0 Å². The van der Waals surface area contributed by atoms with Gasteiger partial charge in [0.05, 0.1) is 0 Å². The van der Waals surface area contributed by atoms with Gasteiger partial charge in [-0.15, -0.1) is 0 Å².